The number of aryl methyl sites for hydroxylation is 1. The van der Waals surface area contributed by atoms with Gasteiger partial charge in [0.05, 0.1) is 0 Å². The minimum atomic E-state index is 0.623. The zero-order chi connectivity index (χ0) is 10.8. The molecule has 1 saturated heterocycles. The van der Waals surface area contributed by atoms with Crippen LogP contribution in [-0.2, 0) is 0 Å². The molecule has 2 atom stereocenters. The molecule has 82 valence electrons. The van der Waals surface area contributed by atoms with Crippen molar-refractivity contribution >= 4 is 0 Å². The van der Waals surface area contributed by atoms with Gasteiger partial charge in [0.25, 0.3) is 0 Å². The Bertz CT molecular complexity index is 318. The van der Waals surface area contributed by atoms with Crippen molar-refractivity contribution in [2.75, 3.05) is 26.7 Å². The molecule has 0 aliphatic carbocycles. The van der Waals surface area contributed by atoms with Gasteiger partial charge in [-0.1, -0.05) is 29.8 Å². The molecule has 1 aromatic carbocycles. The third kappa shape index (κ3) is 2.21. The summed E-state index contributed by atoms with van der Waals surface area (Å²) in [5.41, 5.74) is 8.60. The summed E-state index contributed by atoms with van der Waals surface area (Å²) in [4.78, 5) is 2.38. The Labute approximate surface area is 92.1 Å². The van der Waals surface area contributed by atoms with Gasteiger partial charge in [-0.15, -0.1) is 0 Å². The Kier molecular flexibility index (Phi) is 3.08. The van der Waals surface area contributed by atoms with Crippen LogP contribution in [0.4, 0.5) is 0 Å². The van der Waals surface area contributed by atoms with Crippen LogP contribution in [-0.4, -0.2) is 31.6 Å². The lowest BCUT2D eigenvalue weighted by Gasteiger charge is -2.17. The van der Waals surface area contributed by atoms with Crippen LogP contribution in [0.5, 0.6) is 0 Å². The van der Waals surface area contributed by atoms with Crippen molar-refractivity contribution in [3.8, 4) is 0 Å². The Hall–Kier alpha value is -0.860. The predicted molar refractivity (Wildman–Crippen MR) is 64.0 cm³/mol. The standard InChI is InChI=1S/C13H20N2/c1-10-3-5-11(6-4-10)13-9-15(2)8-12(13)7-14/h3-6,12-13H,7-9,14H2,1-2H3. The van der Waals surface area contributed by atoms with Gasteiger partial charge in [0.15, 0.2) is 0 Å². The topological polar surface area (TPSA) is 29.3 Å². The summed E-state index contributed by atoms with van der Waals surface area (Å²) in [6.45, 7) is 5.20. The van der Waals surface area contributed by atoms with Crippen molar-refractivity contribution in [1.29, 1.82) is 0 Å². The highest BCUT2D eigenvalue weighted by Gasteiger charge is 2.30. The number of likely N-dealkylation sites (tertiary alicyclic amines) is 1. The molecule has 1 aromatic rings. The predicted octanol–water partition coefficient (Wildman–Crippen LogP) is 1.60. The van der Waals surface area contributed by atoms with Gasteiger partial charge in [-0.2, -0.15) is 0 Å². The van der Waals surface area contributed by atoms with Crippen LogP contribution in [0.15, 0.2) is 24.3 Å². The lowest BCUT2D eigenvalue weighted by atomic mass is 9.89. The van der Waals surface area contributed by atoms with Gasteiger partial charge < -0.3 is 10.6 Å². The Morgan fingerprint density at radius 1 is 1.27 bits per heavy atom. The van der Waals surface area contributed by atoms with Crippen LogP contribution in [0.2, 0.25) is 0 Å². The van der Waals surface area contributed by atoms with E-state index in [4.69, 9.17) is 5.73 Å². The molecule has 0 aromatic heterocycles. The van der Waals surface area contributed by atoms with Crippen LogP contribution >= 0.6 is 0 Å². The maximum Gasteiger partial charge on any atom is 0.00510 e. The molecule has 2 nitrogen and oxygen atoms in total. The van der Waals surface area contributed by atoms with Gasteiger partial charge in [0.2, 0.25) is 0 Å². The molecule has 2 unspecified atom stereocenters. The summed E-state index contributed by atoms with van der Waals surface area (Å²) in [5.74, 6) is 1.25. The van der Waals surface area contributed by atoms with E-state index in [0.717, 1.165) is 19.6 Å². The Balaban J connectivity index is 2.19. The van der Waals surface area contributed by atoms with Gasteiger partial charge in [0, 0.05) is 19.0 Å². The zero-order valence-corrected chi connectivity index (χ0v) is 9.61. The highest BCUT2D eigenvalue weighted by Crippen LogP contribution is 2.31. The molecule has 2 heteroatoms. The average Bonchev–Trinajstić information content (AvgIpc) is 2.61. The number of rotatable bonds is 2. The second-order valence-electron chi connectivity index (χ2n) is 4.73. The van der Waals surface area contributed by atoms with Crippen LogP contribution < -0.4 is 5.73 Å². The molecule has 1 aliphatic heterocycles. The van der Waals surface area contributed by atoms with E-state index >= 15 is 0 Å². The van der Waals surface area contributed by atoms with Gasteiger partial charge in [-0.3, -0.25) is 0 Å². The highest BCUT2D eigenvalue weighted by molar-refractivity contribution is 5.26. The molecule has 1 aliphatic rings. The van der Waals surface area contributed by atoms with Gasteiger partial charge in [-0.05, 0) is 32.0 Å². The fraction of sp³-hybridized carbons (Fsp3) is 0.538. The summed E-state index contributed by atoms with van der Waals surface area (Å²) in [5, 5.41) is 0. The molecule has 0 amide bonds. The molecule has 0 radical (unpaired) electrons. The highest BCUT2D eigenvalue weighted by atomic mass is 15.1. The molecular formula is C13H20N2. The summed E-state index contributed by atoms with van der Waals surface area (Å²) < 4.78 is 0. The number of likely N-dealkylation sites (N-methyl/N-ethyl adjacent to an activating group) is 1. The first kappa shape index (κ1) is 10.7. The summed E-state index contributed by atoms with van der Waals surface area (Å²) in [6, 6.07) is 8.89. The molecule has 2 N–H and O–H groups in total. The van der Waals surface area contributed by atoms with E-state index in [1.807, 2.05) is 0 Å². The van der Waals surface area contributed by atoms with E-state index in [1.165, 1.54) is 11.1 Å². The smallest absolute Gasteiger partial charge is 0.00510 e. The van der Waals surface area contributed by atoms with Crippen LogP contribution in [0.25, 0.3) is 0 Å². The minimum Gasteiger partial charge on any atom is -0.330 e. The van der Waals surface area contributed by atoms with Gasteiger partial charge >= 0.3 is 0 Å². The monoisotopic (exact) mass is 204 g/mol. The van der Waals surface area contributed by atoms with Crippen molar-refractivity contribution in [2.45, 2.75) is 12.8 Å². The SMILES string of the molecule is Cc1ccc(C2CN(C)CC2CN)cc1. The van der Waals surface area contributed by atoms with E-state index < -0.39 is 0 Å². The average molecular weight is 204 g/mol. The van der Waals surface area contributed by atoms with Crippen molar-refractivity contribution in [3.05, 3.63) is 35.4 Å². The van der Waals surface area contributed by atoms with Crippen LogP contribution in [0.1, 0.15) is 17.0 Å². The molecule has 0 saturated carbocycles. The van der Waals surface area contributed by atoms with E-state index in [2.05, 4.69) is 43.1 Å². The summed E-state index contributed by atoms with van der Waals surface area (Å²) >= 11 is 0. The molecule has 1 heterocycles. The zero-order valence-electron chi connectivity index (χ0n) is 9.61. The molecule has 1 fully saturated rings. The van der Waals surface area contributed by atoms with Gasteiger partial charge in [0.1, 0.15) is 0 Å². The van der Waals surface area contributed by atoms with Gasteiger partial charge in [-0.25, -0.2) is 0 Å². The fourth-order valence-corrected chi connectivity index (χ4v) is 2.52. The van der Waals surface area contributed by atoms with Crippen LogP contribution in [0, 0.1) is 12.8 Å². The molecule has 15 heavy (non-hydrogen) atoms. The third-order valence-electron chi connectivity index (χ3n) is 3.43. The summed E-state index contributed by atoms with van der Waals surface area (Å²) in [7, 11) is 2.18. The number of benzene rings is 1. The minimum absolute atomic E-state index is 0.623. The van der Waals surface area contributed by atoms with E-state index in [0.29, 0.717) is 11.8 Å². The lowest BCUT2D eigenvalue weighted by molar-refractivity contribution is 0.397. The lowest BCUT2D eigenvalue weighted by Crippen LogP contribution is -2.21. The molecular weight excluding hydrogens is 184 g/mol. The molecule has 0 spiro atoms. The maximum absolute atomic E-state index is 5.83. The summed E-state index contributed by atoms with van der Waals surface area (Å²) in [6.07, 6.45) is 0. The van der Waals surface area contributed by atoms with Crippen molar-refractivity contribution in [1.82, 2.24) is 4.90 Å². The van der Waals surface area contributed by atoms with Crippen molar-refractivity contribution in [2.24, 2.45) is 11.7 Å². The number of nitrogens with zero attached hydrogens (tertiary/aromatic N) is 1. The maximum atomic E-state index is 5.83. The van der Waals surface area contributed by atoms with E-state index in [9.17, 15) is 0 Å². The number of nitrogens with two attached hydrogens (primary N) is 1. The largest absolute Gasteiger partial charge is 0.330 e. The Morgan fingerprint density at radius 2 is 1.93 bits per heavy atom. The normalized spacial score (nSPS) is 27.1. The second kappa shape index (κ2) is 4.33. The van der Waals surface area contributed by atoms with Crippen LogP contribution in [0.3, 0.4) is 0 Å². The molecule has 0 bridgehead atoms. The van der Waals surface area contributed by atoms with E-state index in [-0.39, 0.29) is 0 Å². The quantitative estimate of drug-likeness (QED) is 0.793. The third-order valence-corrected chi connectivity index (χ3v) is 3.43. The molecule has 2 rings (SSSR count). The van der Waals surface area contributed by atoms with E-state index in [1.54, 1.807) is 0 Å². The van der Waals surface area contributed by atoms with Crippen molar-refractivity contribution in [3.63, 3.8) is 0 Å². The fourth-order valence-electron chi connectivity index (χ4n) is 2.52. The second-order valence-corrected chi connectivity index (χ2v) is 4.73. The number of hydrogen-bond donors (Lipinski definition) is 1. The number of hydrogen-bond acceptors (Lipinski definition) is 2. The first-order valence-corrected chi connectivity index (χ1v) is 5.66. The Morgan fingerprint density at radius 3 is 2.53 bits per heavy atom. The first-order valence-electron chi connectivity index (χ1n) is 5.66. The first-order chi connectivity index (χ1) is 7.20. The van der Waals surface area contributed by atoms with Crippen molar-refractivity contribution < 1.29 is 0 Å².